The molecule has 0 fully saturated rings. The van der Waals surface area contributed by atoms with E-state index in [9.17, 15) is 9.59 Å². The van der Waals surface area contributed by atoms with Crippen LogP contribution in [0, 0.1) is 0 Å². The van der Waals surface area contributed by atoms with Crippen molar-refractivity contribution in [3.8, 4) is 40.1 Å². The van der Waals surface area contributed by atoms with Crippen LogP contribution in [0.3, 0.4) is 0 Å². The van der Waals surface area contributed by atoms with Gasteiger partial charge in [-0.3, -0.25) is 4.79 Å². The summed E-state index contributed by atoms with van der Waals surface area (Å²) < 4.78 is 22.8. The lowest BCUT2D eigenvalue weighted by Crippen LogP contribution is -2.16. The topological polar surface area (TPSA) is 144 Å². The number of hydrogen-bond acceptors (Lipinski definition) is 8. The lowest BCUT2D eigenvalue weighted by molar-refractivity contribution is 0.0997. The van der Waals surface area contributed by atoms with E-state index in [1.165, 1.54) is 33.0 Å². The van der Waals surface area contributed by atoms with Gasteiger partial charge in [0.05, 0.1) is 39.7 Å². The van der Waals surface area contributed by atoms with E-state index in [0.29, 0.717) is 34.2 Å². The van der Waals surface area contributed by atoms with Gasteiger partial charge in [-0.1, -0.05) is 6.07 Å². The van der Waals surface area contributed by atoms with Crippen molar-refractivity contribution >= 4 is 17.1 Å². The summed E-state index contributed by atoms with van der Waals surface area (Å²) in [6.45, 7) is 0. The van der Waals surface area contributed by atoms with E-state index in [1.807, 2.05) is 0 Å². The monoisotopic (exact) mass is 451 g/mol. The molecular weight excluding hydrogens is 430 g/mol. The van der Waals surface area contributed by atoms with Crippen LogP contribution in [0.5, 0.6) is 23.0 Å². The molecule has 3 N–H and O–H groups in total. The molecule has 0 saturated carbocycles. The highest BCUT2D eigenvalue weighted by Gasteiger charge is 2.23. The highest BCUT2D eigenvalue weighted by molar-refractivity contribution is 6.02. The van der Waals surface area contributed by atoms with Gasteiger partial charge in [-0.05, 0) is 24.3 Å². The van der Waals surface area contributed by atoms with Crippen molar-refractivity contribution in [2.24, 2.45) is 5.73 Å². The first-order valence-electron chi connectivity index (χ1n) is 9.69. The number of aromatic amines is 1. The first-order chi connectivity index (χ1) is 15.9. The molecule has 11 heteroatoms. The quantitative estimate of drug-likeness (QED) is 0.434. The second kappa shape index (κ2) is 8.54. The number of carbonyl (C=O) groups is 1. The highest BCUT2D eigenvalue weighted by Crippen LogP contribution is 2.37. The molecular formula is C22H21N5O6. The third-order valence-electron chi connectivity index (χ3n) is 5.04. The number of nitrogens with two attached hydrogens (primary N) is 1. The van der Waals surface area contributed by atoms with Gasteiger partial charge in [0.2, 0.25) is 0 Å². The van der Waals surface area contributed by atoms with E-state index in [2.05, 4.69) is 15.0 Å². The Morgan fingerprint density at radius 2 is 1.73 bits per heavy atom. The van der Waals surface area contributed by atoms with Crippen LogP contribution >= 0.6 is 0 Å². The summed E-state index contributed by atoms with van der Waals surface area (Å²) in [6.07, 6.45) is 0. The third-order valence-corrected chi connectivity index (χ3v) is 5.04. The summed E-state index contributed by atoms with van der Waals surface area (Å²) in [4.78, 5) is 36.7. The van der Waals surface area contributed by atoms with Gasteiger partial charge in [0, 0.05) is 6.07 Å². The van der Waals surface area contributed by atoms with Crippen molar-refractivity contribution in [3.05, 3.63) is 52.6 Å². The standard InChI is InChI=1S/C22H21N5O6/c1-30-11-8-9-13(15(10-11)32-3)27-21-17(25-22(27)29)16(19(23)28)24-20(26-21)12-6-5-7-14(31-2)18(12)33-4/h5-10H,1-4H3,(H2,23,28)(H,25,29). The van der Waals surface area contributed by atoms with Gasteiger partial charge in [0.25, 0.3) is 5.91 Å². The summed E-state index contributed by atoms with van der Waals surface area (Å²) in [5.74, 6) is 0.992. The Bertz CT molecular complexity index is 1430. The number of methoxy groups -OCH3 is 4. The molecule has 0 aliphatic rings. The minimum absolute atomic E-state index is 0.0935. The van der Waals surface area contributed by atoms with Crippen LogP contribution in [0.15, 0.2) is 41.2 Å². The maximum atomic E-state index is 13.0. The molecule has 0 aliphatic heterocycles. The van der Waals surface area contributed by atoms with E-state index >= 15 is 0 Å². The number of hydrogen-bond donors (Lipinski definition) is 2. The fourth-order valence-electron chi connectivity index (χ4n) is 3.54. The number of nitrogens with one attached hydrogen (secondary N) is 1. The Labute approximate surface area is 187 Å². The first kappa shape index (κ1) is 21.7. The Kier molecular flexibility index (Phi) is 5.61. The van der Waals surface area contributed by atoms with Gasteiger partial charge >= 0.3 is 5.69 Å². The molecule has 0 atom stereocenters. The number of benzene rings is 2. The lowest BCUT2D eigenvalue weighted by atomic mass is 10.1. The molecule has 0 bridgehead atoms. The maximum absolute atomic E-state index is 13.0. The predicted molar refractivity (Wildman–Crippen MR) is 120 cm³/mol. The van der Waals surface area contributed by atoms with Gasteiger partial charge in [0.15, 0.2) is 28.7 Å². The summed E-state index contributed by atoms with van der Waals surface area (Å²) in [5, 5.41) is 0. The van der Waals surface area contributed by atoms with Crippen LogP contribution in [0.2, 0.25) is 0 Å². The molecule has 0 unspecified atom stereocenters. The molecule has 2 aromatic carbocycles. The van der Waals surface area contributed by atoms with Crippen LogP contribution in [-0.4, -0.2) is 53.9 Å². The number of ether oxygens (including phenoxy) is 4. The van der Waals surface area contributed by atoms with E-state index in [1.54, 1.807) is 36.4 Å². The largest absolute Gasteiger partial charge is 0.497 e. The number of H-pyrrole nitrogens is 1. The van der Waals surface area contributed by atoms with Crippen LogP contribution in [-0.2, 0) is 0 Å². The Hall–Kier alpha value is -4.54. The summed E-state index contributed by atoms with van der Waals surface area (Å²) >= 11 is 0. The molecule has 1 amide bonds. The van der Waals surface area contributed by atoms with Gasteiger partial charge in [0.1, 0.15) is 17.0 Å². The van der Waals surface area contributed by atoms with Gasteiger partial charge in [-0.25, -0.2) is 19.3 Å². The molecule has 2 heterocycles. The van der Waals surface area contributed by atoms with Gasteiger partial charge in [-0.15, -0.1) is 0 Å². The van der Waals surface area contributed by atoms with Crippen LogP contribution in [0.1, 0.15) is 10.5 Å². The van der Waals surface area contributed by atoms with Crippen LogP contribution < -0.4 is 30.4 Å². The van der Waals surface area contributed by atoms with Gasteiger partial charge in [-0.2, -0.15) is 0 Å². The first-order valence-corrected chi connectivity index (χ1v) is 9.69. The molecule has 0 aliphatic carbocycles. The number of amides is 1. The van der Waals surface area contributed by atoms with E-state index in [0.717, 1.165) is 0 Å². The molecule has 33 heavy (non-hydrogen) atoms. The zero-order chi connectivity index (χ0) is 23.7. The molecule has 0 radical (unpaired) electrons. The van der Waals surface area contributed by atoms with Crippen LogP contribution in [0.4, 0.5) is 0 Å². The minimum Gasteiger partial charge on any atom is -0.497 e. The molecule has 4 rings (SSSR count). The number of fused-ring (bicyclic) bond motifs is 1. The number of aromatic nitrogens is 4. The number of primary amides is 1. The smallest absolute Gasteiger partial charge is 0.332 e. The second-order valence-corrected chi connectivity index (χ2v) is 6.80. The highest BCUT2D eigenvalue weighted by atomic mass is 16.5. The van der Waals surface area contributed by atoms with Crippen molar-refractivity contribution in [1.82, 2.24) is 19.5 Å². The van der Waals surface area contributed by atoms with Crippen molar-refractivity contribution in [2.75, 3.05) is 28.4 Å². The number of rotatable bonds is 7. The summed E-state index contributed by atoms with van der Waals surface area (Å²) in [7, 11) is 5.96. The average Bonchev–Trinajstić information content (AvgIpc) is 3.17. The molecule has 0 spiro atoms. The van der Waals surface area contributed by atoms with E-state index in [-0.39, 0.29) is 22.7 Å². The molecule has 0 saturated heterocycles. The minimum atomic E-state index is -0.833. The predicted octanol–water partition coefficient (Wildman–Crippen LogP) is 1.91. The normalized spacial score (nSPS) is 10.8. The number of imidazole rings is 1. The zero-order valence-electron chi connectivity index (χ0n) is 18.3. The SMILES string of the molecule is COc1ccc(-n2c(=O)[nH]c3c(C(N)=O)nc(-c4cccc(OC)c4OC)nc32)c(OC)c1. The number of carbonyl (C=O) groups excluding carboxylic acids is 1. The van der Waals surface area contributed by atoms with E-state index in [4.69, 9.17) is 24.7 Å². The summed E-state index contributed by atoms with van der Waals surface area (Å²) in [5.41, 5.74) is 5.94. The van der Waals surface area contributed by atoms with Crippen molar-refractivity contribution in [2.45, 2.75) is 0 Å². The fraction of sp³-hybridized carbons (Fsp3) is 0.182. The van der Waals surface area contributed by atoms with Crippen molar-refractivity contribution in [3.63, 3.8) is 0 Å². The van der Waals surface area contributed by atoms with E-state index < -0.39 is 11.6 Å². The lowest BCUT2D eigenvalue weighted by Gasteiger charge is -2.13. The van der Waals surface area contributed by atoms with Crippen molar-refractivity contribution < 1.29 is 23.7 Å². The average molecular weight is 451 g/mol. The Morgan fingerprint density at radius 3 is 2.36 bits per heavy atom. The maximum Gasteiger partial charge on any atom is 0.332 e. The zero-order valence-corrected chi connectivity index (χ0v) is 18.3. The van der Waals surface area contributed by atoms with Crippen LogP contribution in [0.25, 0.3) is 28.2 Å². The number of nitrogens with zero attached hydrogens (tertiary/aromatic N) is 3. The Balaban J connectivity index is 2.08. The second-order valence-electron chi connectivity index (χ2n) is 6.80. The molecule has 11 nitrogen and oxygen atoms in total. The molecule has 4 aromatic rings. The third kappa shape index (κ3) is 3.59. The fourth-order valence-corrected chi connectivity index (χ4v) is 3.54. The molecule has 2 aromatic heterocycles. The summed E-state index contributed by atoms with van der Waals surface area (Å²) in [6, 6.07) is 10.1. The number of para-hydroxylation sites is 1. The van der Waals surface area contributed by atoms with Gasteiger partial charge < -0.3 is 29.7 Å². The Morgan fingerprint density at radius 1 is 0.970 bits per heavy atom. The van der Waals surface area contributed by atoms with Crippen molar-refractivity contribution in [1.29, 1.82) is 0 Å². The molecule has 170 valence electrons.